The summed E-state index contributed by atoms with van der Waals surface area (Å²) in [7, 11) is 0. The smallest absolute Gasteiger partial charge is 0.294 e. The largest absolute Gasteiger partial charge is 0.309 e. The average molecular weight is 186 g/mol. The Balaban J connectivity index is 2.32. The zero-order chi connectivity index (χ0) is 9.68. The molecule has 1 unspecified atom stereocenters. The lowest BCUT2D eigenvalue weighted by Crippen LogP contribution is -2.40. The Morgan fingerprint density at radius 3 is 3.15 bits per heavy atom. The van der Waals surface area contributed by atoms with Crippen molar-refractivity contribution in [1.29, 1.82) is 0 Å². The Morgan fingerprint density at radius 1 is 1.77 bits per heavy atom. The summed E-state index contributed by atoms with van der Waals surface area (Å²) in [5.74, 6) is 0. The molecule has 5 heteroatoms. The second-order valence-electron chi connectivity index (χ2n) is 3.14. The third-order valence-corrected chi connectivity index (χ3v) is 2.08. The van der Waals surface area contributed by atoms with Crippen LogP contribution >= 0.6 is 0 Å². The van der Waals surface area contributed by atoms with Crippen molar-refractivity contribution in [2.75, 3.05) is 19.6 Å². The van der Waals surface area contributed by atoms with Crippen LogP contribution in [0.2, 0.25) is 0 Å². The fraction of sp³-hybridized carbons (Fsp3) is 0.750. The second-order valence-corrected chi connectivity index (χ2v) is 3.14. The minimum Gasteiger partial charge on any atom is -0.309 e. The number of likely N-dealkylation sites (tertiary alicyclic amines) is 1. The number of rotatable bonds is 4. The highest BCUT2D eigenvalue weighted by Crippen LogP contribution is 2.12. The van der Waals surface area contributed by atoms with Gasteiger partial charge in [0.2, 0.25) is 0 Å². The van der Waals surface area contributed by atoms with E-state index in [0.717, 1.165) is 25.9 Å². The van der Waals surface area contributed by atoms with E-state index in [-0.39, 0.29) is 6.10 Å². The molecule has 0 bridgehead atoms. The molecule has 5 nitrogen and oxygen atoms in total. The zero-order valence-electron chi connectivity index (χ0n) is 7.52. The molecule has 0 N–H and O–H groups in total. The van der Waals surface area contributed by atoms with Gasteiger partial charge in [0.05, 0.1) is 0 Å². The third kappa shape index (κ3) is 3.42. The first-order valence-corrected chi connectivity index (χ1v) is 4.37. The van der Waals surface area contributed by atoms with Gasteiger partial charge in [0.25, 0.3) is 5.09 Å². The first-order valence-electron chi connectivity index (χ1n) is 4.37. The van der Waals surface area contributed by atoms with Crippen LogP contribution < -0.4 is 0 Å². The van der Waals surface area contributed by atoms with E-state index in [0.29, 0.717) is 6.54 Å². The molecule has 1 saturated heterocycles. The summed E-state index contributed by atoms with van der Waals surface area (Å²) in [6.45, 7) is 6.01. The fourth-order valence-corrected chi connectivity index (χ4v) is 1.57. The molecule has 1 aliphatic rings. The van der Waals surface area contributed by atoms with E-state index in [4.69, 9.17) is 0 Å². The molecule has 1 atom stereocenters. The van der Waals surface area contributed by atoms with E-state index in [9.17, 15) is 10.1 Å². The quantitative estimate of drug-likeness (QED) is 0.371. The van der Waals surface area contributed by atoms with Crippen LogP contribution in [0.3, 0.4) is 0 Å². The van der Waals surface area contributed by atoms with Gasteiger partial charge in [0.1, 0.15) is 6.10 Å². The molecule has 1 heterocycles. The molecule has 0 aliphatic carbocycles. The second kappa shape index (κ2) is 4.81. The molecule has 0 aromatic rings. The highest BCUT2D eigenvalue weighted by atomic mass is 17.0. The van der Waals surface area contributed by atoms with Gasteiger partial charge in [-0.3, -0.25) is 4.90 Å². The van der Waals surface area contributed by atoms with Crippen molar-refractivity contribution in [3.8, 4) is 0 Å². The fourth-order valence-electron chi connectivity index (χ4n) is 1.57. The Hall–Kier alpha value is -1.10. The number of hydrogen-bond acceptors (Lipinski definition) is 4. The molecule has 0 aromatic heterocycles. The van der Waals surface area contributed by atoms with Gasteiger partial charge < -0.3 is 4.84 Å². The molecule has 0 amide bonds. The summed E-state index contributed by atoms with van der Waals surface area (Å²) >= 11 is 0. The van der Waals surface area contributed by atoms with Gasteiger partial charge in [-0.2, -0.15) is 0 Å². The van der Waals surface area contributed by atoms with Crippen molar-refractivity contribution < 1.29 is 9.92 Å². The lowest BCUT2D eigenvalue weighted by Gasteiger charge is -2.30. The summed E-state index contributed by atoms with van der Waals surface area (Å²) in [5, 5.41) is 9.37. The van der Waals surface area contributed by atoms with Crippen LogP contribution in [-0.2, 0) is 4.84 Å². The van der Waals surface area contributed by atoms with Gasteiger partial charge in [-0.15, -0.1) is 16.7 Å². The maximum absolute atomic E-state index is 10.1. The molecule has 1 fully saturated rings. The Morgan fingerprint density at radius 2 is 2.54 bits per heavy atom. The van der Waals surface area contributed by atoms with Crippen LogP contribution in [0.4, 0.5) is 0 Å². The first kappa shape index (κ1) is 9.98. The third-order valence-electron chi connectivity index (χ3n) is 2.08. The van der Waals surface area contributed by atoms with Crippen LogP contribution in [0.1, 0.15) is 12.8 Å². The molecule has 1 aliphatic heterocycles. The van der Waals surface area contributed by atoms with Crippen LogP contribution in [-0.4, -0.2) is 35.7 Å². The molecule has 1 rings (SSSR count). The molecular weight excluding hydrogens is 172 g/mol. The monoisotopic (exact) mass is 186 g/mol. The van der Waals surface area contributed by atoms with Crippen molar-refractivity contribution in [3.63, 3.8) is 0 Å². The van der Waals surface area contributed by atoms with Gasteiger partial charge in [-0.05, 0) is 19.4 Å². The van der Waals surface area contributed by atoms with Gasteiger partial charge >= 0.3 is 0 Å². The summed E-state index contributed by atoms with van der Waals surface area (Å²) in [5.41, 5.74) is 0. The maximum Gasteiger partial charge on any atom is 0.294 e. The van der Waals surface area contributed by atoms with Crippen LogP contribution in [0.5, 0.6) is 0 Å². The summed E-state index contributed by atoms with van der Waals surface area (Å²) < 4.78 is 0. The number of nitrogens with zero attached hydrogens (tertiary/aromatic N) is 2. The predicted octanol–water partition coefficient (Wildman–Crippen LogP) is 0.845. The van der Waals surface area contributed by atoms with E-state index < -0.39 is 5.09 Å². The molecule has 0 aromatic carbocycles. The molecule has 0 spiro atoms. The standard InChI is InChI=1S/C8H14N2O3/c1-2-5-9-6-3-4-8(7-9)13-10(11)12/h2,8H,1,3-7H2. The summed E-state index contributed by atoms with van der Waals surface area (Å²) in [6, 6.07) is 0. The van der Waals surface area contributed by atoms with E-state index in [1.807, 2.05) is 0 Å². The Kier molecular flexibility index (Phi) is 3.70. The predicted molar refractivity (Wildman–Crippen MR) is 47.7 cm³/mol. The molecule has 13 heavy (non-hydrogen) atoms. The van der Waals surface area contributed by atoms with E-state index in [1.54, 1.807) is 6.08 Å². The van der Waals surface area contributed by atoms with Crippen molar-refractivity contribution in [1.82, 2.24) is 4.90 Å². The average Bonchev–Trinajstić information content (AvgIpc) is 2.04. The summed E-state index contributed by atoms with van der Waals surface area (Å²) in [4.78, 5) is 16.7. The first-order chi connectivity index (χ1) is 6.22. The highest BCUT2D eigenvalue weighted by molar-refractivity contribution is 4.79. The molecular formula is C8H14N2O3. The van der Waals surface area contributed by atoms with Gasteiger partial charge in [0, 0.05) is 13.1 Å². The Bertz CT molecular complexity index is 196. The Labute approximate surface area is 77.1 Å². The van der Waals surface area contributed by atoms with Crippen molar-refractivity contribution in [2.24, 2.45) is 0 Å². The minimum atomic E-state index is -0.706. The highest BCUT2D eigenvalue weighted by Gasteiger charge is 2.21. The molecule has 0 saturated carbocycles. The lowest BCUT2D eigenvalue weighted by atomic mass is 10.1. The van der Waals surface area contributed by atoms with Crippen LogP contribution in [0.25, 0.3) is 0 Å². The zero-order valence-corrected chi connectivity index (χ0v) is 7.52. The number of hydrogen-bond donors (Lipinski definition) is 0. The van der Waals surface area contributed by atoms with E-state index in [2.05, 4.69) is 16.3 Å². The SMILES string of the molecule is C=CCN1CCCC(O[N+](=O)[O-])C1. The van der Waals surface area contributed by atoms with Crippen molar-refractivity contribution >= 4 is 0 Å². The molecule has 74 valence electrons. The molecule has 0 radical (unpaired) electrons. The van der Waals surface area contributed by atoms with E-state index >= 15 is 0 Å². The number of piperidine rings is 1. The summed E-state index contributed by atoms with van der Waals surface area (Å²) in [6.07, 6.45) is 3.26. The van der Waals surface area contributed by atoms with Gasteiger partial charge in [0.15, 0.2) is 0 Å². The van der Waals surface area contributed by atoms with Gasteiger partial charge in [-0.1, -0.05) is 6.08 Å². The van der Waals surface area contributed by atoms with Gasteiger partial charge in [-0.25, -0.2) is 0 Å². The topological polar surface area (TPSA) is 55.6 Å². The van der Waals surface area contributed by atoms with Crippen LogP contribution in [0.15, 0.2) is 12.7 Å². The van der Waals surface area contributed by atoms with Crippen molar-refractivity contribution in [3.05, 3.63) is 22.8 Å². The van der Waals surface area contributed by atoms with Crippen LogP contribution in [0, 0.1) is 10.1 Å². The minimum absolute atomic E-state index is 0.260. The van der Waals surface area contributed by atoms with E-state index in [1.165, 1.54) is 0 Å². The lowest BCUT2D eigenvalue weighted by molar-refractivity contribution is -0.769. The maximum atomic E-state index is 10.1. The van der Waals surface area contributed by atoms with Crippen molar-refractivity contribution in [2.45, 2.75) is 18.9 Å². The normalized spacial score (nSPS) is 23.8.